The number of carbonyl (C=O) groups is 2. The number of anilines is 1. The van der Waals surface area contributed by atoms with Crippen molar-refractivity contribution in [3.63, 3.8) is 0 Å². The normalized spacial score (nSPS) is 18.0. The fourth-order valence-electron chi connectivity index (χ4n) is 3.85. The van der Waals surface area contributed by atoms with Crippen LogP contribution in [0.2, 0.25) is 0 Å². The first kappa shape index (κ1) is 19.8. The van der Waals surface area contributed by atoms with Gasteiger partial charge in [0.05, 0.1) is 5.69 Å². The van der Waals surface area contributed by atoms with E-state index in [1.54, 1.807) is 38.2 Å². The van der Waals surface area contributed by atoms with E-state index < -0.39 is 35.4 Å². The molecule has 154 valence electrons. The Morgan fingerprint density at radius 3 is 2.47 bits per heavy atom. The van der Waals surface area contributed by atoms with Gasteiger partial charge in [-0.15, -0.1) is 0 Å². The van der Waals surface area contributed by atoms with Crippen LogP contribution in [0, 0.1) is 25.5 Å². The maximum atomic E-state index is 14.0. The smallest absolute Gasteiger partial charge is 0.251 e. The lowest BCUT2D eigenvalue weighted by molar-refractivity contribution is -0.118. The molecule has 2 aromatic carbocycles. The summed E-state index contributed by atoms with van der Waals surface area (Å²) >= 11 is 0. The fourth-order valence-corrected chi connectivity index (χ4v) is 3.85. The third-order valence-electron chi connectivity index (χ3n) is 5.34. The Hall–Kier alpha value is -3.55. The number of rotatable bonds is 3. The van der Waals surface area contributed by atoms with E-state index in [2.05, 4.69) is 15.7 Å². The third kappa shape index (κ3) is 3.34. The summed E-state index contributed by atoms with van der Waals surface area (Å²) in [6.45, 7) is 3.67. The van der Waals surface area contributed by atoms with Crippen molar-refractivity contribution in [2.45, 2.75) is 25.8 Å². The highest BCUT2D eigenvalue weighted by atomic mass is 19.2. The average molecular weight is 410 g/mol. The number of nitrogens with zero attached hydrogens (tertiary/aromatic N) is 2. The van der Waals surface area contributed by atoms with Crippen molar-refractivity contribution in [3.8, 4) is 0 Å². The number of fused-ring (bicyclic) bond motifs is 1. The molecule has 2 atom stereocenters. The number of halogens is 2. The fraction of sp³-hybridized carbons (Fsp3) is 0.227. The topological polar surface area (TPSA) is 76.0 Å². The highest BCUT2D eigenvalue weighted by molar-refractivity contribution is 6.03. The van der Waals surface area contributed by atoms with Crippen LogP contribution in [0.4, 0.5) is 14.6 Å². The Kier molecular flexibility index (Phi) is 4.85. The van der Waals surface area contributed by atoms with Crippen LogP contribution in [0.15, 0.2) is 42.5 Å². The molecule has 0 saturated carbocycles. The van der Waals surface area contributed by atoms with Gasteiger partial charge in [0.15, 0.2) is 11.6 Å². The maximum absolute atomic E-state index is 14.0. The molecule has 30 heavy (non-hydrogen) atoms. The van der Waals surface area contributed by atoms with Crippen LogP contribution in [0.5, 0.6) is 0 Å². The zero-order chi connectivity index (χ0) is 21.6. The van der Waals surface area contributed by atoms with Crippen molar-refractivity contribution in [2.75, 3.05) is 5.32 Å². The van der Waals surface area contributed by atoms with Crippen LogP contribution in [0.3, 0.4) is 0 Å². The first-order chi connectivity index (χ1) is 14.3. The van der Waals surface area contributed by atoms with Crippen molar-refractivity contribution in [1.82, 2.24) is 15.1 Å². The molecule has 4 rings (SSSR count). The van der Waals surface area contributed by atoms with Crippen LogP contribution >= 0.6 is 0 Å². The van der Waals surface area contributed by atoms with Gasteiger partial charge in [0, 0.05) is 24.1 Å². The minimum atomic E-state index is -1.03. The lowest BCUT2D eigenvalue weighted by atomic mass is 9.81. The second-order valence-corrected chi connectivity index (χ2v) is 7.43. The molecule has 0 unspecified atom stereocenters. The Labute approximate surface area is 171 Å². The molecule has 2 N–H and O–H groups in total. The number of amides is 2. The number of aryl methyl sites for hydroxylation is 3. The summed E-state index contributed by atoms with van der Waals surface area (Å²) in [7, 11) is 1.68. The molecule has 0 saturated heterocycles. The Bertz CT molecular complexity index is 1150. The van der Waals surface area contributed by atoms with Gasteiger partial charge in [-0.3, -0.25) is 14.3 Å². The molecule has 6 nitrogen and oxygen atoms in total. The second kappa shape index (κ2) is 7.37. The minimum absolute atomic E-state index is 0.371. The number of hydrogen-bond donors (Lipinski definition) is 2. The van der Waals surface area contributed by atoms with Crippen molar-refractivity contribution >= 4 is 17.6 Å². The maximum Gasteiger partial charge on any atom is 0.251 e. The third-order valence-corrected chi connectivity index (χ3v) is 5.34. The van der Waals surface area contributed by atoms with E-state index in [1.807, 2.05) is 6.92 Å². The van der Waals surface area contributed by atoms with Gasteiger partial charge in [-0.1, -0.05) is 23.8 Å². The lowest BCUT2D eigenvalue weighted by Gasteiger charge is -2.32. The first-order valence-electron chi connectivity index (χ1n) is 9.43. The van der Waals surface area contributed by atoms with Crippen molar-refractivity contribution in [3.05, 3.63) is 82.0 Å². The number of benzene rings is 2. The highest BCUT2D eigenvalue weighted by Crippen LogP contribution is 2.39. The summed E-state index contributed by atoms with van der Waals surface area (Å²) in [4.78, 5) is 25.8. The number of nitrogens with one attached hydrogen (secondary N) is 2. The molecule has 0 spiro atoms. The zero-order valence-corrected chi connectivity index (χ0v) is 16.7. The van der Waals surface area contributed by atoms with Gasteiger partial charge in [-0.2, -0.15) is 5.10 Å². The predicted molar refractivity (Wildman–Crippen MR) is 107 cm³/mol. The lowest BCUT2D eigenvalue weighted by Crippen LogP contribution is -2.50. The predicted octanol–water partition coefficient (Wildman–Crippen LogP) is 3.20. The number of carbonyl (C=O) groups excluding carboxylic acids is 2. The van der Waals surface area contributed by atoms with Gasteiger partial charge in [-0.25, -0.2) is 8.78 Å². The molecule has 0 bridgehead atoms. The van der Waals surface area contributed by atoms with Crippen molar-refractivity contribution < 1.29 is 18.4 Å². The molecule has 0 fully saturated rings. The quantitative estimate of drug-likeness (QED) is 0.696. The van der Waals surface area contributed by atoms with Gasteiger partial charge in [0.1, 0.15) is 11.9 Å². The van der Waals surface area contributed by atoms with Gasteiger partial charge in [0.25, 0.3) is 5.91 Å². The van der Waals surface area contributed by atoms with Gasteiger partial charge < -0.3 is 10.6 Å². The van der Waals surface area contributed by atoms with Gasteiger partial charge in [0.2, 0.25) is 5.91 Å². The van der Waals surface area contributed by atoms with E-state index >= 15 is 0 Å². The molecule has 1 aliphatic heterocycles. The van der Waals surface area contributed by atoms with Crippen LogP contribution in [0.1, 0.15) is 38.7 Å². The summed E-state index contributed by atoms with van der Waals surface area (Å²) in [5.41, 5.74) is 3.04. The molecular weight excluding hydrogens is 390 g/mol. The highest BCUT2D eigenvalue weighted by Gasteiger charge is 2.41. The zero-order valence-electron chi connectivity index (χ0n) is 16.7. The van der Waals surface area contributed by atoms with E-state index in [-0.39, 0.29) is 0 Å². The summed E-state index contributed by atoms with van der Waals surface area (Å²) in [5.74, 6) is -3.17. The molecule has 8 heteroatoms. The SMILES string of the molecule is Cc1ccc(C(=O)N[C@@H]2C(=O)Nc3c(c(C)nn3C)[C@@H]2c2ccc(F)c(F)c2)cc1. The van der Waals surface area contributed by atoms with E-state index in [9.17, 15) is 18.4 Å². The van der Waals surface area contributed by atoms with E-state index in [4.69, 9.17) is 0 Å². The molecule has 0 radical (unpaired) electrons. The standard InChI is InChI=1S/C22H20F2N4O2/c1-11-4-6-13(7-5-11)21(29)25-19-18(14-8-9-15(23)16(24)10-14)17-12(2)27-28(3)20(17)26-22(19)30/h4-10,18-19H,1-3H3,(H,25,29)(H,26,30)/t18-,19-/m0/s1. The molecule has 2 amide bonds. The molecule has 2 heterocycles. The van der Waals surface area contributed by atoms with Crippen LogP contribution < -0.4 is 10.6 Å². The Balaban J connectivity index is 1.79. The van der Waals surface area contributed by atoms with Gasteiger partial charge in [-0.05, 0) is 43.7 Å². The summed E-state index contributed by atoms with van der Waals surface area (Å²) in [5, 5.41) is 9.88. The molecule has 1 aliphatic rings. The monoisotopic (exact) mass is 410 g/mol. The average Bonchev–Trinajstić information content (AvgIpc) is 2.98. The van der Waals surface area contributed by atoms with Crippen LogP contribution in [-0.4, -0.2) is 27.6 Å². The number of aromatic nitrogens is 2. The number of hydrogen-bond acceptors (Lipinski definition) is 3. The van der Waals surface area contributed by atoms with Crippen molar-refractivity contribution in [1.29, 1.82) is 0 Å². The van der Waals surface area contributed by atoms with Gasteiger partial charge >= 0.3 is 0 Å². The van der Waals surface area contributed by atoms with E-state index in [0.29, 0.717) is 28.2 Å². The molecular formula is C22H20F2N4O2. The Morgan fingerprint density at radius 2 is 1.80 bits per heavy atom. The van der Waals surface area contributed by atoms with Crippen molar-refractivity contribution in [2.24, 2.45) is 7.05 Å². The molecule has 1 aromatic heterocycles. The Morgan fingerprint density at radius 1 is 1.10 bits per heavy atom. The minimum Gasteiger partial charge on any atom is -0.339 e. The van der Waals surface area contributed by atoms with E-state index in [1.165, 1.54) is 10.7 Å². The summed E-state index contributed by atoms with van der Waals surface area (Å²) < 4.78 is 29.1. The molecule has 3 aromatic rings. The summed E-state index contributed by atoms with van der Waals surface area (Å²) in [6, 6.07) is 9.39. The molecule has 0 aliphatic carbocycles. The van der Waals surface area contributed by atoms with Crippen LogP contribution in [0.25, 0.3) is 0 Å². The first-order valence-corrected chi connectivity index (χ1v) is 9.43. The van der Waals surface area contributed by atoms with Crippen LogP contribution in [-0.2, 0) is 11.8 Å². The summed E-state index contributed by atoms with van der Waals surface area (Å²) in [6.07, 6.45) is 0. The van der Waals surface area contributed by atoms with E-state index in [0.717, 1.165) is 17.7 Å². The second-order valence-electron chi connectivity index (χ2n) is 7.43. The largest absolute Gasteiger partial charge is 0.339 e.